The zero-order chi connectivity index (χ0) is 78.0. The monoisotopic (exact) mass is 1550 g/mol. The van der Waals surface area contributed by atoms with E-state index in [2.05, 4.69) is 9.97 Å². The molecule has 590 valence electrons. The van der Waals surface area contributed by atoms with Crippen LogP contribution in [0.25, 0.3) is 0 Å². The molecule has 3 N–H and O–H groups in total. The quantitative estimate of drug-likeness (QED) is 0.0454. The number of aromatic nitrogens is 2. The summed E-state index contributed by atoms with van der Waals surface area (Å²) in [4.78, 5) is 93.3. The molecule has 24 nitrogen and oxygen atoms in total. The molecular weight excluding hydrogens is 1450 g/mol. The van der Waals surface area contributed by atoms with Crippen molar-refractivity contribution in [2.24, 2.45) is 0 Å². The van der Waals surface area contributed by atoms with E-state index in [-0.39, 0.29) is 87.6 Å². The fourth-order valence-electron chi connectivity index (χ4n) is 16.0. The number of rotatable bonds is 26. The van der Waals surface area contributed by atoms with Crippen molar-refractivity contribution in [2.75, 3.05) is 34.5 Å². The van der Waals surface area contributed by atoms with Crippen LogP contribution in [0.3, 0.4) is 0 Å². The van der Waals surface area contributed by atoms with Gasteiger partial charge in [-0.3, -0.25) is 14.4 Å². The van der Waals surface area contributed by atoms with Crippen LogP contribution in [0.1, 0.15) is 169 Å². The Morgan fingerprint density at radius 3 is 1.13 bits per heavy atom. The number of carbonyl (C=O) groups excluding carboxylic acids is 3. The number of fused-ring (bicyclic) bond motifs is 3. The number of aliphatic carboxylic acids is 3. The number of benzene rings is 6. The summed E-state index contributed by atoms with van der Waals surface area (Å²) in [5.41, 5.74) is 6.97. The maximum absolute atomic E-state index is 14.0. The first kappa shape index (κ1) is 79.6. The molecule has 6 atom stereocenters. The average molecular weight is 1550 g/mol. The van der Waals surface area contributed by atoms with E-state index < -0.39 is 54.3 Å². The molecule has 3 amide bonds. The van der Waals surface area contributed by atoms with Crippen LogP contribution in [-0.2, 0) is 99.8 Å². The number of methoxy groups -OCH3 is 3. The van der Waals surface area contributed by atoms with Crippen molar-refractivity contribution in [3.63, 3.8) is 0 Å². The van der Waals surface area contributed by atoms with Crippen LogP contribution in [-0.4, -0.2) is 153 Å². The highest BCUT2D eigenvalue weighted by Crippen LogP contribution is 2.45. The fourth-order valence-corrected chi connectivity index (χ4v) is 16.6. The Balaban J connectivity index is 0.000000147. The molecule has 6 aromatic carbocycles. The second kappa shape index (κ2) is 38.2. The first-order chi connectivity index (χ1) is 54.6. The topological polar surface area (TPSA) is 291 Å². The molecule has 4 fully saturated rings. The lowest BCUT2D eigenvalue weighted by molar-refractivity contribution is -0.160. The predicted molar refractivity (Wildman–Crippen MR) is 413 cm³/mol. The van der Waals surface area contributed by atoms with Crippen molar-refractivity contribution in [3.05, 3.63) is 224 Å². The molecule has 7 aliphatic rings. The Hall–Kier alpha value is -10.4. The highest BCUT2D eigenvalue weighted by Gasteiger charge is 2.45. The van der Waals surface area contributed by atoms with E-state index in [1.165, 1.54) is 21.8 Å². The summed E-state index contributed by atoms with van der Waals surface area (Å²) in [5, 5.41) is 32.6. The number of carboxylic acids is 3. The molecule has 8 aromatic rings. The standard InChI is InChI=1S/C29H31N3O6.C29H35NO7.C29H31NO6S/c1-36-24-13-12-20-17-32(28(33)26(19-8-3-2-4-9-19)38-21-10-5-6-11-21)23(29(34)35)16-22(20)27(24)37-18-25-30-14-7-15-31-25;1-34-25-12-11-20-18-30(24(29(32)33)17-23(20)27(25)37-22-13-15-35-16-14-22)28(31)26(19-7-3-2-4-8-19)36-21-9-5-6-10-21;1-34-25-14-13-20-17-30(24(29(32)33)16-23(20)27(25)35-18-22-12-7-15-37-22)28(31)26(19-8-3-2-4-9-19)36-21-10-5-6-11-21/h2-4,7-9,12-15,21,23,26H,5-6,10-11,16-18H2,1H3,(H,34,35);2-4,7-8,11-12,21-22,24,26H,5-6,9-10,13-18H2,1H3,(H,32,33);2-4,7-9,12-15,21,24,26H,5-6,10-11,16-18H2,1H3,(H,32,33). The van der Waals surface area contributed by atoms with Crippen LogP contribution < -0.4 is 28.4 Å². The molecule has 0 spiro atoms. The summed E-state index contributed by atoms with van der Waals surface area (Å²) in [6.07, 6.45) is 14.4. The van der Waals surface area contributed by atoms with Gasteiger partial charge in [0.25, 0.3) is 17.7 Å². The van der Waals surface area contributed by atoms with Gasteiger partial charge in [-0.25, -0.2) is 24.4 Å². The third kappa shape index (κ3) is 19.2. The van der Waals surface area contributed by atoms with E-state index in [9.17, 15) is 44.1 Å². The van der Waals surface area contributed by atoms with E-state index in [4.69, 9.17) is 47.4 Å². The van der Waals surface area contributed by atoms with Gasteiger partial charge >= 0.3 is 17.9 Å². The number of hydrogen-bond acceptors (Lipinski definition) is 19. The van der Waals surface area contributed by atoms with Gasteiger partial charge in [0.05, 0.1) is 52.9 Å². The van der Waals surface area contributed by atoms with E-state index in [0.29, 0.717) is 65.7 Å². The summed E-state index contributed by atoms with van der Waals surface area (Å²) in [6, 6.07) is 41.6. The highest BCUT2D eigenvalue weighted by molar-refractivity contribution is 7.09. The first-order valence-corrected chi connectivity index (χ1v) is 39.6. The van der Waals surface area contributed by atoms with Crippen LogP contribution >= 0.6 is 11.3 Å². The number of ether oxygens (including phenoxy) is 10. The number of thiophene rings is 1. The zero-order valence-corrected chi connectivity index (χ0v) is 64.2. The largest absolute Gasteiger partial charge is 0.493 e. The molecule has 6 heterocycles. The van der Waals surface area contributed by atoms with Gasteiger partial charge in [0.15, 0.2) is 58.6 Å². The number of nitrogens with zero attached hydrogens (tertiary/aromatic N) is 5. The lowest BCUT2D eigenvalue weighted by Crippen LogP contribution is -2.51. The van der Waals surface area contributed by atoms with Crippen molar-refractivity contribution in [1.82, 2.24) is 24.7 Å². The molecule has 3 aliphatic carbocycles. The lowest BCUT2D eigenvalue weighted by atomic mass is 9.91. The van der Waals surface area contributed by atoms with Gasteiger partial charge in [-0.2, -0.15) is 0 Å². The second-order valence-corrected chi connectivity index (χ2v) is 30.1. The van der Waals surface area contributed by atoms with E-state index in [0.717, 1.165) is 139 Å². The summed E-state index contributed by atoms with van der Waals surface area (Å²) in [5.74, 6) is -0.546. The molecule has 0 bridgehead atoms. The van der Waals surface area contributed by atoms with Gasteiger partial charge in [-0.15, -0.1) is 11.3 Å². The number of carbonyl (C=O) groups is 6. The fraction of sp³-hybridized carbons (Fsp3) is 0.425. The molecular formula is C87H97N5O19S. The predicted octanol–water partition coefficient (Wildman–Crippen LogP) is 13.8. The van der Waals surface area contributed by atoms with Crippen molar-refractivity contribution < 1.29 is 91.5 Å². The number of hydrogen-bond donors (Lipinski definition) is 3. The van der Waals surface area contributed by atoms with Crippen LogP contribution in [0.2, 0.25) is 0 Å². The smallest absolute Gasteiger partial charge is 0.326 e. The van der Waals surface area contributed by atoms with E-state index in [1.807, 2.05) is 139 Å². The van der Waals surface area contributed by atoms with Crippen LogP contribution in [0.4, 0.5) is 0 Å². The average Bonchev–Trinajstić information content (AvgIpc) is 0.879. The van der Waals surface area contributed by atoms with Gasteiger partial charge in [0, 0.05) is 85.7 Å². The Labute approximate surface area is 655 Å². The van der Waals surface area contributed by atoms with E-state index in [1.54, 1.807) is 50.1 Å². The van der Waals surface area contributed by atoms with Gasteiger partial charge in [-0.1, -0.05) is 154 Å². The van der Waals surface area contributed by atoms with Crippen LogP contribution in [0, 0.1) is 0 Å². The molecule has 4 aliphatic heterocycles. The minimum atomic E-state index is -1.09. The van der Waals surface area contributed by atoms with Gasteiger partial charge in [0.1, 0.15) is 37.4 Å². The van der Waals surface area contributed by atoms with Crippen molar-refractivity contribution in [1.29, 1.82) is 0 Å². The Morgan fingerprint density at radius 1 is 0.429 bits per heavy atom. The molecule has 112 heavy (non-hydrogen) atoms. The van der Waals surface area contributed by atoms with Crippen molar-refractivity contribution in [2.45, 2.75) is 203 Å². The third-order valence-corrected chi connectivity index (χ3v) is 22.7. The minimum absolute atomic E-state index is 0.00162. The lowest BCUT2D eigenvalue weighted by Gasteiger charge is -2.38. The Bertz CT molecular complexity index is 4480. The summed E-state index contributed by atoms with van der Waals surface area (Å²) < 4.78 is 59.8. The van der Waals surface area contributed by atoms with Crippen LogP contribution in [0.15, 0.2) is 163 Å². The molecule has 6 unspecified atom stereocenters. The number of carboxylic acid groups (broad SMARTS) is 3. The highest BCUT2D eigenvalue weighted by atomic mass is 32.1. The number of amides is 3. The Kier molecular flexibility index (Phi) is 27.2. The van der Waals surface area contributed by atoms with Crippen LogP contribution in [0.5, 0.6) is 34.5 Å². The van der Waals surface area contributed by atoms with Gasteiger partial charge < -0.3 is 77.4 Å². The minimum Gasteiger partial charge on any atom is -0.493 e. The van der Waals surface area contributed by atoms with Gasteiger partial charge in [-0.05, 0) is 108 Å². The molecule has 3 saturated carbocycles. The van der Waals surface area contributed by atoms with E-state index >= 15 is 0 Å². The Morgan fingerprint density at radius 2 is 0.786 bits per heavy atom. The SMILES string of the molecule is COc1ccc2c(c1OC1CCOCC1)CC(C(=O)O)N(C(=O)C(OC1CCCC1)c1ccccc1)C2.COc1ccc2c(c1OCc1cccs1)CC(C(=O)O)N(C(=O)C(OC1CCCC1)c1ccccc1)C2.COc1ccc2c(c1OCc1ncccn1)CC(C(=O)O)N(C(=O)C(OC1CCCC1)c1ccccc1)C2. The summed E-state index contributed by atoms with van der Waals surface area (Å²) in [6.45, 7) is 2.15. The van der Waals surface area contributed by atoms with Crippen molar-refractivity contribution >= 4 is 47.0 Å². The summed E-state index contributed by atoms with van der Waals surface area (Å²) >= 11 is 1.59. The molecule has 1 saturated heterocycles. The normalized spacial score (nSPS) is 19.2. The molecule has 0 radical (unpaired) electrons. The molecule has 2 aromatic heterocycles. The van der Waals surface area contributed by atoms with Gasteiger partial charge in [0.2, 0.25) is 0 Å². The zero-order valence-electron chi connectivity index (χ0n) is 63.4. The third-order valence-electron chi connectivity index (χ3n) is 21.9. The molecule has 25 heteroatoms. The first-order valence-electron chi connectivity index (χ1n) is 38.7. The maximum atomic E-state index is 14.0. The summed E-state index contributed by atoms with van der Waals surface area (Å²) in [7, 11) is 4.68. The molecule has 15 rings (SSSR count). The maximum Gasteiger partial charge on any atom is 0.326 e. The van der Waals surface area contributed by atoms with Crippen molar-refractivity contribution in [3.8, 4) is 34.5 Å². The second-order valence-electron chi connectivity index (χ2n) is 29.0.